The molecule has 0 amide bonds. The van der Waals surface area contributed by atoms with E-state index in [9.17, 15) is 0 Å². The van der Waals surface area contributed by atoms with E-state index in [4.69, 9.17) is 4.98 Å². The monoisotopic (exact) mass is 320 g/mol. The Hall–Kier alpha value is -3.39. The van der Waals surface area contributed by atoms with E-state index >= 15 is 0 Å². The van der Waals surface area contributed by atoms with Crippen molar-refractivity contribution in [3.63, 3.8) is 0 Å². The summed E-state index contributed by atoms with van der Waals surface area (Å²) in [6.45, 7) is 0. The Morgan fingerprint density at radius 1 is 0.600 bits per heavy atom. The predicted molar refractivity (Wildman–Crippen MR) is 104 cm³/mol. The van der Waals surface area contributed by atoms with Crippen LogP contribution >= 0.6 is 0 Å². The first-order chi connectivity index (χ1) is 12.4. The summed E-state index contributed by atoms with van der Waals surface area (Å²) in [6.07, 6.45) is 0. The standard InChI is InChI=1S/C23H16N2/c1-2-10-20(11-3-1)25-22-13-7-6-12-21(22)24-23(25)19-15-14-17-8-4-5-9-18(17)16-19/h1-16H. The highest BCUT2D eigenvalue weighted by Crippen LogP contribution is 2.30. The molecule has 0 fully saturated rings. The van der Waals surface area contributed by atoms with E-state index in [0.717, 1.165) is 28.1 Å². The van der Waals surface area contributed by atoms with Gasteiger partial charge in [-0.25, -0.2) is 4.98 Å². The molecule has 4 aromatic carbocycles. The molecule has 5 aromatic rings. The molecule has 0 unspecified atom stereocenters. The molecular formula is C23H16N2. The Morgan fingerprint density at radius 2 is 1.32 bits per heavy atom. The van der Waals surface area contributed by atoms with Gasteiger partial charge in [0.1, 0.15) is 5.82 Å². The third-order valence-electron chi connectivity index (χ3n) is 4.58. The van der Waals surface area contributed by atoms with Gasteiger partial charge in [-0.05, 0) is 41.1 Å². The number of fused-ring (bicyclic) bond motifs is 2. The summed E-state index contributed by atoms with van der Waals surface area (Å²) in [6, 6.07) is 33.7. The van der Waals surface area contributed by atoms with Gasteiger partial charge in [-0.2, -0.15) is 0 Å². The number of hydrogen-bond acceptors (Lipinski definition) is 1. The van der Waals surface area contributed by atoms with Crippen LogP contribution in [0.15, 0.2) is 97.1 Å². The topological polar surface area (TPSA) is 17.8 Å². The fraction of sp³-hybridized carbons (Fsp3) is 0. The van der Waals surface area contributed by atoms with Crippen LogP contribution in [0.1, 0.15) is 0 Å². The highest BCUT2D eigenvalue weighted by Gasteiger charge is 2.14. The molecule has 5 rings (SSSR count). The quantitative estimate of drug-likeness (QED) is 0.399. The molecule has 0 atom stereocenters. The first-order valence-corrected chi connectivity index (χ1v) is 8.42. The minimum atomic E-state index is 0.971. The lowest BCUT2D eigenvalue weighted by Crippen LogP contribution is -1.97. The zero-order valence-electron chi connectivity index (χ0n) is 13.6. The van der Waals surface area contributed by atoms with Gasteiger partial charge in [-0.15, -0.1) is 0 Å². The van der Waals surface area contributed by atoms with Crippen LogP contribution < -0.4 is 0 Å². The number of nitrogens with zero attached hydrogens (tertiary/aromatic N) is 2. The Morgan fingerprint density at radius 3 is 2.20 bits per heavy atom. The molecule has 0 radical (unpaired) electrons. The lowest BCUT2D eigenvalue weighted by atomic mass is 10.1. The van der Waals surface area contributed by atoms with Crippen LogP contribution in [-0.4, -0.2) is 9.55 Å². The maximum atomic E-state index is 4.93. The van der Waals surface area contributed by atoms with Crippen molar-refractivity contribution in [2.24, 2.45) is 0 Å². The maximum Gasteiger partial charge on any atom is 0.145 e. The molecule has 0 aliphatic carbocycles. The van der Waals surface area contributed by atoms with Crippen molar-refractivity contribution in [3.05, 3.63) is 97.1 Å². The van der Waals surface area contributed by atoms with Crippen molar-refractivity contribution in [2.75, 3.05) is 0 Å². The van der Waals surface area contributed by atoms with Gasteiger partial charge in [0.15, 0.2) is 0 Å². The zero-order chi connectivity index (χ0) is 16.6. The molecule has 0 saturated carbocycles. The largest absolute Gasteiger partial charge is 0.292 e. The molecule has 118 valence electrons. The lowest BCUT2D eigenvalue weighted by Gasteiger charge is -2.10. The fourth-order valence-electron chi connectivity index (χ4n) is 3.39. The van der Waals surface area contributed by atoms with Crippen LogP contribution in [0.3, 0.4) is 0 Å². The average molecular weight is 320 g/mol. The highest BCUT2D eigenvalue weighted by molar-refractivity contribution is 5.89. The summed E-state index contributed by atoms with van der Waals surface area (Å²) < 4.78 is 2.24. The number of rotatable bonds is 2. The highest BCUT2D eigenvalue weighted by atomic mass is 15.1. The second-order valence-electron chi connectivity index (χ2n) is 6.16. The number of hydrogen-bond donors (Lipinski definition) is 0. The van der Waals surface area contributed by atoms with Gasteiger partial charge in [-0.1, -0.05) is 66.7 Å². The molecule has 0 aliphatic rings. The van der Waals surface area contributed by atoms with Crippen LogP contribution in [0.25, 0.3) is 38.9 Å². The summed E-state index contributed by atoms with van der Waals surface area (Å²) in [7, 11) is 0. The minimum Gasteiger partial charge on any atom is -0.292 e. The number of para-hydroxylation sites is 3. The molecule has 0 saturated heterocycles. The molecule has 0 N–H and O–H groups in total. The molecule has 1 aromatic heterocycles. The van der Waals surface area contributed by atoms with Gasteiger partial charge in [0.25, 0.3) is 0 Å². The van der Waals surface area contributed by atoms with Crippen LogP contribution in [0.4, 0.5) is 0 Å². The summed E-state index contributed by atoms with van der Waals surface area (Å²) in [5.41, 5.74) is 4.38. The van der Waals surface area contributed by atoms with Crippen molar-refractivity contribution in [2.45, 2.75) is 0 Å². The maximum absolute atomic E-state index is 4.93. The smallest absolute Gasteiger partial charge is 0.145 e. The SMILES string of the molecule is c1ccc(-n2c(-c3ccc4ccccc4c3)nc3ccccc32)cc1. The first-order valence-electron chi connectivity index (χ1n) is 8.42. The molecular weight excluding hydrogens is 304 g/mol. The van der Waals surface area contributed by atoms with E-state index < -0.39 is 0 Å². The second-order valence-corrected chi connectivity index (χ2v) is 6.16. The van der Waals surface area contributed by atoms with E-state index in [-0.39, 0.29) is 0 Å². The summed E-state index contributed by atoms with van der Waals surface area (Å²) in [5.74, 6) is 0.971. The number of imidazole rings is 1. The molecule has 2 heteroatoms. The molecule has 0 spiro atoms. The number of aromatic nitrogens is 2. The Labute approximate surface area is 146 Å². The fourth-order valence-corrected chi connectivity index (χ4v) is 3.39. The third-order valence-corrected chi connectivity index (χ3v) is 4.58. The van der Waals surface area contributed by atoms with Crippen LogP contribution in [0.5, 0.6) is 0 Å². The van der Waals surface area contributed by atoms with Crippen LogP contribution in [0, 0.1) is 0 Å². The normalized spacial score (nSPS) is 11.2. The predicted octanol–water partition coefficient (Wildman–Crippen LogP) is 5.85. The summed E-state index contributed by atoms with van der Waals surface area (Å²) >= 11 is 0. The van der Waals surface area contributed by atoms with Crippen molar-refractivity contribution in [1.29, 1.82) is 0 Å². The van der Waals surface area contributed by atoms with Gasteiger partial charge in [0, 0.05) is 11.3 Å². The molecule has 0 bridgehead atoms. The molecule has 2 nitrogen and oxygen atoms in total. The number of benzene rings is 4. The van der Waals surface area contributed by atoms with Gasteiger partial charge in [0.05, 0.1) is 11.0 Å². The Bertz CT molecular complexity index is 1190. The molecule has 25 heavy (non-hydrogen) atoms. The van der Waals surface area contributed by atoms with Gasteiger partial charge >= 0.3 is 0 Å². The van der Waals surface area contributed by atoms with Crippen molar-refractivity contribution < 1.29 is 0 Å². The van der Waals surface area contributed by atoms with Crippen LogP contribution in [0.2, 0.25) is 0 Å². The summed E-state index contributed by atoms with van der Waals surface area (Å²) in [5, 5.41) is 2.47. The van der Waals surface area contributed by atoms with E-state index in [2.05, 4.69) is 89.5 Å². The van der Waals surface area contributed by atoms with E-state index in [1.165, 1.54) is 10.8 Å². The lowest BCUT2D eigenvalue weighted by molar-refractivity contribution is 1.10. The Kier molecular flexibility index (Phi) is 3.14. The summed E-state index contributed by atoms with van der Waals surface area (Å²) in [4.78, 5) is 4.93. The second kappa shape index (κ2) is 5.60. The van der Waals surface area contributed by atoms with Crippen molar-refractivity contribution in [3.8, 4) is 17.1 Å². The van der Waals surface area contributed by atoms with Crippen molar-refractivity contribution >= 4 is 21.8 Å². The van der Waals surface area contributed by atoms with Gasteiger partial charge < -0.3 is 0 Å². The zero-order valence-corrected chi connectivity index (χ0v) is 13.6. The Balaban J connectivity index is 1.83. The van der Waals surface area contributed by atoms with Gasteiger partial charge in [0.2, 0.25) is 0 Å². The molecule has 1 heterocycles. The third kappa shape index (κ3) is 2.31. The van der Waals surface area contributed by atoms with Crippen molar-refractivity contribution in [1.82, 2.24) is 9.55 Å². The minimum absolute atomic E-state index is 0.971. The average Bonchev–Trinajstić information content (AvgIpc) is 3.08. The van der Waals surface area contributed by atoms with E-state index in [0.29, 0.717) is 0 Å². The van der Waals surface area contributed by atoms with E-state index in [1.54, 1.807) is 0 Å². The molecule has 0 aliphatic heterocycles. The van der Waals surface area contributed by atoms with Crippen LogP contribution in [-0.2, 0) is 0 Å². The first kappa shape index (κ1) is 14.0. The van der Waals surface area contributed by atoms with Gasteiger partial charge in [-0.3, -0.25) is 4.57 Å². The van der Waals surface area contributed by atoms with E-state index in [1.807, 2.05) is 12.1 Å².